The lowest BCUT2D eigenvalue weighted by Gasteiger charge is -2.20. The Bertz CT molecular complexity index is 631. The van der Waals surface area contributed by atoms with Crippen LogP contribution in [0.5, 0.6) is 0 Å². The second-order valence-corrected chi connectivity index (χ2v) is 5.02. The zero-order valence-corrected chi connectivity index (χ0v) is 12.0. The van der Waals surface area contributed by atoms with Gasteiger partial charge in [-0.1, -0.05) is 13.0 Å². The summed E-state index contributed by atoms with van der Waals surface area (Å²) in [6.07, 6.45) is 2.80. The number of hydrogen-bond acceptors (Lipinski definition) is 4. The third-order valence-corrected chi connectivity index (χ3v) is 3.20. The Morgan fingerprint density at radius 1 is 1.35 bits per heavy atom. The van der Waals surface area contributed by atoms with Crippen LogP contribution >= 0.6 is 0 Å². The van der Waals surface area contributed by atoms with Crippen molar-refractivity contribution in [3.05, 3.63) is 46.0 Å². The summed E-state index contributed by atoms with van der Waals surface area (Å²) in [7, 11) is 0. The first-order chi connectivity index (χ1) is 9.63. The van der Waals surface area contributed by atoms with Gasteiger partial charge in [0.15, 0.2) is 0 Å². The molecule has 2 aromatic heterocycles. The van der Waals surface area contributed by atoms with Gasteiger partial charge in [-0.05, 0) is 31.5 Å². The van der Waals surface area contributed by atoms with Crippen LogP contribution in [0, 0.1) is 6.92 Å². The molecule has 5 heteroatoms. The third kappa shape index (κ3) is 3.43. The van der Waals surface area contributed by atoms with Gasteiger partial charge in [-0.3, -0.25) is 14.1 Å². The molecule has 0 aliphatic rings. The highest BCUT2D eigenvalue weighted by Gasteiger charge is 2.08. The van der Waals surface area contributed by atoms with Gasteiger partial charge >= 0.3 is 0 Å². The molecule has 108 valence electrons. The maximum absolute atomic E-state index is 12.1. The Kier molecular flexibility index (Phi) is 4.87. The molecule has 0 saturated heterocycles. The van der Waals surface area contributed by atoms with E-state index < -0.39 is 0 Å². The van der Waals surface area contributed by atoms with Crippen molar-refractivity contribution in [2.75, 3.05) is 19.7 Å². The van der Waals surface area contributed by atoms with Gasteiger partial charge in [0.2, 0.25) is 0 Å². The summed E-state index contributed by atoms with van der Waals surface area (Å²) in [6, 6.07) is 5.38. The molecule has 0 saturated carbocycles. The number of rotatable bonds is 6. The largest absolute Gasteiger partial charge is 0.395 e. The van der Waals surface area contributed by atoms with Crippen molar-refractivity contribution in [2.45, 2.75) is 26.8 Å². The number of aromatic nitrogens is 2. The summed E-state index contributed by atoms with van der Waals surface area (Å²) >= 11 is 0. The lowest BCUT2D eigenvalue weighted by molar-refractivity contribution is 0.189. The lowest BCUT2D eigenvalue weighted by atomic mass is 10.3. The van der Waals surface area contributed by atoms with Crippen LogP contribution in [0.1, 0.15) is 24.6 Å². The van der Waals surface area contributed by atoms with Gasteiger partial charge in [0, 0.05) is 25.4 Å². The molecule has 0 fully saturated rings. The second kappa shape index (κ2) is 6.63. The van der Waals surface area contributed by atoms with Crippen LogP contribution in [-0.2, 0) is 6.54 Å². The minimum Gasteiger partial charge on any atom is -0.395 e. The highest BCUT2D eigenvalue weighted by molar-refractivity contribution is 5.39. The molecule has 5 nitrogen and oxygen atoms in total. The Balaban J connectivity index is 2.31. The number of hydrogen-bond donors (Lipinski definition) is 1. The Hall–Kier alpha value is -1.72. The van der Waals surface area contributed by atoms with E-state index in [-0.39, 0.29) is 12.2 Å². The maximum atomic E-state index is 12.1. The van der Waals surface area contributed by atoms with Crippen molar-refractivity contribution in [2.24, 2.45) is 0 Å². The second-order valence-electron chi connectivity index (χ2n) is 5.02. The van der Waals surface area contributed by atoms with E-state index in [2.05, 4.69) is 16.8 Å². The van der Waals surface area contributed by atoms with Crippen LogP contribution in [0.3, 0.4) is 0 Å². The highest BCUT2D eigenvalue weighted by Crippen LogP contribution is 2.05. The molecule has 20 heavy (non-hydrogen) atoms. The van der Waals surface area contributed by atoms with E-state index in [1.165, 1.54) is 0 Å². The van der Waals surface area contributed by atoms with Gasteiger partial charge in [0.1, 0.15) is 5.65 Å². The zero-order valence-electron chi connectivity index (χ0n) is 12.0. The van der Waals surface area contributed by atoms with E-state index in [1.807, 2.05) is 19.1 Å². The average Bonchev–Trinajstić information content (AvgIpc) is 2.40. The quantitative estimate of drug-likeness (QED) is 0.861. The Morgan fingerprint density at radius 2 is 2.15 bits per heavy atom. The number of nitrogens with zero attached hydrogens (tertiary/aromatic N) is 3. The van der Waals surface area contributed by atoms with E-state index in [4.69, 9.17) is 5.11 Å². The molecule has 0 atom stereocenters. The van der Waals surface area contributed by atoms with Crippen molar-refractivity contribution in [3.8, 4) is 0 Å². The lowest BCUT2D eigenvalue weighted by Crippen LogP contribution is -2.29. The summed E-state index contributed by atoms with van der Waals surface area (Å²) in [6.45, 7) is 6.23. The van der Waals surface area contributed by atoms with E-state index in [0.717, 1.165) is 24.2 Å². The molecule has 2 heterocycles. The summed E-state index contributed by atoms with van der Waals surface area (Å²) in [5.74, 6) is 0. The predicted octanol–water partition coefficient (Wildman–Crippen LogP) is 1.21. The minimum atomic E-state index is -0.0610. The van der Waals surface area contributed by atoms with Gasteiger partial charge in [-0.2, -0.15) is 0 Å². The molecule has 0 radical (unpaired) electrons. The third-order valence-electron chi connectivity index (χ3n) is 3.20. The van der Waals surface area contributed by atoms with Crippen molar-refractivity contribution in [1.29, 1.82) is 0 Å². The Labute approximate surface area is 118 Å². The smallest absolute Gasteiger partial charge is 0.258 e. The normalized spacial score (nSPS) is 11.4. The van der Waals surface area contributed by atoms with Crippen LogP contribution in [0.15, 0.2) is 29.2 Å². The maximum Gasteiger partial charge on any atom is 0.258 e. The molecule has 0 unspecified atom stereocenters. The monoisotopic (exact) mass is 275 g/mol. The molecule has 2 aromatic rings. The van der Waals surface area contributed by atoms with E-state index in [9.17, 15) is 4.79 Å². The molecule has 0 aliphatic carbocycles. The first-order valence-electron chi connectivity index (χ1n) is 6.96. The molecule has 0 spiro atoms. The van der Waals surface area contributed by atoms with Crippen LogP contribution < -0.4 is 5.56 Å². The topological polar surface area (TPSA) is 57.8 Å². The van der Waals surface area contributed by atoms with Gasteiger partial charge in [-0.25, -0.2) is 4.98 Å². The fourth-order valence-corrected chi connectivity index (χ4v) is 2.30. The van der Waals surface area contributed by atoms with Crippen molar-refractivity contribution in [1.82, 2.24) is 14.3 Å². The SMILES string of the molecule is CCCN(CCO)Cc1cc(=O)n2cc(C)ccc2n1. The number of pyridine rings is 1. The minimum absolute atomic E-state index is 0.0610. The molecular weight excluding hydrogens is 254 g/mol. The summed E-state index contributed by atoms with van der Waals surface area (Å²) in [4.78, 5) is 18.7. The van der Waals surface area contributed by atoms with Gasteiger partial charge in [-0.15, -0.1) is 0 Å². The summed E-state index contributed by atoms with van der Waals surface area (Å²) < 4.78 is 1.56. The molecule has 0 aliphatic heterocycles. The van der Waals surface area contributed by atoms with Crippen LogP contribution in [0.4, 0.5) is 0 Å². The average molecular weight is 275 g/mol. The molecule has 2 rings (SSSR count). The van der Waals surface area contributed by atoms with Crippen LogP contribution in [0.25, 0.3) is 5.65 Å². The number of aliphatic hydroxyl groups excluding tert-OH is 1. The molecular formula is C15H21N3O2. The molecule has 0 aromatic carbocycles. The summed E-state index contributed by atoms with van der Waals surface area (Å²) in [5.41, 5.74) is 2.38. The zero-order chi connectivity index (χ0) is 14.5. The fourth-order valence-electron chi connectivity index (χ4n) is 2.30. The van der Waals surface area contributed by atoms with Crippen LogP contribution in [0.2, 0.25) is 0 Å². The number of aryl methyl sites for hydroxylation is 1. The fraction of sp³-hybridized carbons (Fsp3) is 0.467. The highest BCUT2D eigenvalue weighted by atomic mass is 16.3. The first kappa shape index (κ1) is 14.7. The van der Waals surface area contributed by atoms with Crippen molar-refractivity contribution >= 4 is 5.65 Å². The summed E-state index contributed by atoms with van der Waals surface area (Å²) in [5, 5.41) is 9.07. The first-order valence-corrected chi connectivity index (χ1v) is 6.96. The molecule has 0 amide bonds. The number of aliphatic hydroxyl groups is 1. The van der Waals surface area contributed by atoms with E-state index in [1.54, 1.807) is 16.7 Å². The van der Waals surface area contributed by atoms with Crippen LogP contribution in [-0.4, -0.2) is 39.1 Å². The molecule has 0 bridgehead atoms. The van der Waals surface area contributed by atoms with Gasteiger partial charge in [0.25, 0.3) is 5.56 Å². The predicted molar refractivity (Wildman–Crippen MR) is 78.9 cm³/mol. The van der Waals surface area contributed by atoms with Gasteiger partial charge in [0.05, 0.1) is 12.3 Å². The van der Waals surface area contributed by atoms with Crippen molar-refractivity contribution in [3.63, 3.8) is 0 Å². The Morgan fingerprint density at radius 3 is 2.85 bits per heavy atom. The number of fused-ring (bicyclic) bond motifs is 1. The molecule has 1 N–H and O–H groups in total. The van der Waals surface area contributed by atoms with Gasteiger partial charge < -0.3 is 5.11 Å². The van der Waals surface area contributed by atoms with E-state index >= 15 is 0 Å². The standard InChI is InChI=1S/C15H21N3O2/c1-3-6-17(7-8-19)11-13-9-15(20)18-10-12(2)4-5-14(18)16-13/h4-5,9-10,19H,3,6-8,11H2,1-2H3. The van der Waals surface area contributed by atoms with E-state index in [0.29, 0.717) is 18.7 Å². The van der Waals surface area contributed by atoms with Crippen molar-refractivity contribution < 1.29 is 5.11 Å².